The molecular formula is C13H18O2. The van der Waals surface area contributed by atoms with Crippen LogP contribution in [0.4, 0.5) is 0 Å². The smallest absolute Gasteiger partial charge is 0.163 e. The van der Waals surface area contributed by atoms with Crippen molar-refractivity contribution in [3.05, 3.63) is 28.8 Å². The Bertz CT molecular complexity index is 378. The molecule has 82 valence electrons. The maximum atomic E-state index is 11.4. The molecule has 0 aliphatic heterocycles. The van der Waals surface area contributed by atoms with Crippen molar-refractivity contribution in [3.8, 4) is 5.75 Å². The van der Waals surface area contributed by atoms with Gasteiger partial charge in [-0.2, -0.15) is 0 Å². The Kier molecular flexibility index (Phi) is 3.51. The molecule has 0 amide bonds. The van der Waals surface area contributed by atoms with Gasteiger partial charge in [0.1, 0.15) is 5.75 Å². The third-order valence-corrected chi connectivity index (χ3v) is 2.59. The Morgan fingerprint density at radius 2 is 1.93 bits per heavy atom. The summed E-state index contributed by atoms with van der Waals surface area (Å²) < 4.78 is 5.23. The van der Waals surface area contributed by atoms with Crippen LogP contribution in [0.5, 0.6) is 5.75 Å². The quantitative estimate of drug-likeness (QED) is 0.709. The van der Waals surface area contributed by atoms with Crippen molar-refractivity contribution in [2.24, 2.45) is 0 Å². The van der Waals surface area contributed by atoms with Crippen molar-refractivity contribution < 1.29 is 9.53 Å². The van der Waals surface area contributed by atoms with Crippen LogP contribution in [0.15, 0.2) is 12.1 Å². The predicted octanol–water partition coefficient (Wildman–Crippen LogP) is 3.33. The Balaban J connectivity index is 3.35. The number of ketones is 1. The molecular weight excluding hydrogens is 188 g/mol. The Morgan fingerprint density at radius 3 is 2.33 bits per heavy atom. The van der Waals surface area contributed by atoms with Gasteiger partial charge in [-0.25, -0.2) is 0 Å². The summed E-state index contributed by atoms with van der Waals surface area (Å²) >= 11 is 0. The summed E-state index contributed by atoms with van der Waals surface area (Å²) in [5, 5.41) is 0. The predicted molar refractivity (Wildman–Crippen MR) is 61.8 cm³/mol. The van der Waals surface area contributed by atoms with Crippen molar-refractivity contribution in [2.45, 2.75) is 33.6 Å². The highest BCUT2D eigenvalue weighted by molar-refractivity contribution is 5.97. The lowest BCUT2D eigenvalue weighted by molar-refractivity contribution is 0.101. The first-order valence-corrected chi connectivity index (χ1v) is 5.16. The van der Waals surface area contributed by atoms with Crippen LogP contribution in [0.3, 0.4) is 0 Å². The summed E-state index contributed by atoms with van der Waals surface area (Å²) in [6, 6.07) is 3.88. The molecule has 0 heterocycles. The third-order valence-electron chi connectivity index (χ3n) is 2.59. The first kappa shape index (κ1) is 11.8. The fourth-order valence-corrected chi connectivity index (χ4v) is 1.77. The Labute approximate surface area is 91.3 Å². The minimum absolute atomic E-state index is 0.0465. The van der Waals surface area contributed by atoms with Crippen molar-refractivity contribution in [1.29, 1.82) is 0 Å². The first-order chi connectivity index (χ1) is 6.97. The van der Waals surface area contributed by atoms with Crippen LogP contribution >= 0.6 is 0 Å². The van der Waals surface area contributed by atoms with Gasteiger partial charge in [0.15, 0.2) is 5.78 Å². The molecule has 0 radical (unpaired) electrons. The van der Waals surface area contributed by atoms with Gasteiger partial charge in [-0.3, -0.25) is 4.79 Å². The molecule has 0 N–H and O–H groups in total. The lowest BCUT2D eigenvalue weighted by atomic mass is 9.94. The van der Waals surface area contributed by atoms with Gasteiger partial charge in [0.2, 0.25) is 0 Å². The Hall–Kier alpha value is -1.31. The highest BCUT2D eigenvalue weighted by Crippen LogP contribution is 2.28. The van der Waals surface area contributed by atoms with Crippen LogP contribution in [0.25, 0.3) is 0 Å². The molecule has 15 heavy (non-hydrogen) atoms. The first-order valence-electron chi connectivity index (χ1n) is 5.16. The number of benzene rings is 1. The van der Waals surface area contributed by atoms with E-state index in [-0.39, 0.29) is 5.78 Å². The highest BCUT2D eigenvalue weighted by Gasteiger charge is 2.12. The second-order valence-corrected chi connectivity index (χ2v) is 4.12. The minimum Gasteiger partial charge on any atom is -0.496 e. The van der Waals surface area contributed by atoms with Crippen molar-refractivity contribution >= 4 is 5.78 Å². The maximum absolute atomic E-state index is 11.4. The maximum Gasteiger partial charge on any atom is 0.163 e. The molecule has 0 spiro atoms. The second-order valence-electron chi connectivity index (χ2n) is 4.12. The molecule has 0 aromatic heterocycles. The lowest BCUT2D eigenvalue weighted by Crippen LogP contribution is -2.02. The van der Waals surface area contributed by atoms with Gasteiger partial charge in [0, 0.05) is 0 Å². The van der Waals surface area contributed by atoms with E-state index in [4.69, 9.17) is 4.74 Å². The summed E-state index contributed by atoms with van der Waals surface area (Å²) in [5.41, 5.74) is 3.05. The number of aryl methyl sites for hydroxylation is 1. The van der Waals surface area contributed by atoms with Gasteiger partial charge in [-0.15, -0.1) is 0 Å². The third kappa shape index (κ3) is 2.38. The van der Waals surface area contributed by atoms with Crippen LogP contribution in [-0.4, -0.2) is 12.9 Å². The van der Waals surface area contributed by atoms with E-state index in [9.17, 15) is 4.79 Å². The minimum atomic E-state index is 0.0465. The molecule has 0 aliphatic rings. The van der Waals surface area contributed by atoms with Gasteiger partial charge < -0.3 is 4.74 Å². The van der Waals surface area contributed by atoms with Crippen LogP contribution in [0.2, 0.25) is 0 Å². The van der Waals surface area contributed by atoms with Crippen LogP contribution < -0.4 is 4.74 Å². The number of hydrogen-bond acceptors (Lipinski definition) is 2. The van der Waals surface area contributed by atoms with Gasteiger partial charge in [-0.1, -0.05) is 13.8 Å². The van der Waals surface area contributed by atoms with E-state index < -0.39 is 0 Å². The summed E-state index contributed by atoms with van der Waals surface area (Å²) in [7, 11) is 1.60. The van der Waals surface area contributed by atoms with E-state index in [1.54, 1.807) is 14.0 Å². The van der Waals surface area contributed by atoms with Gasteiger partial charge in [0.05, 0.1) is 12.7 Å². The molecule has 1 rings (SSSR count). The summed E-state index contributed by atoms with van der Waals surface area (Å²) in [4.78, 5) is 11.4. The van der Waals surface area contributed by atoms with E-state index in [2.05, 4.69) is 13.8 Å². The van der Waals surface area contributed by atoms with Crippen molar-refractivity contribution in [3.63, 3.8) is 0 Å². The molecule has 1 aromatic rings. The number of carbonyl (C=O) groups is 1. The number of methoxy groups -OCH3 is 1. The summed E-state index contributed by atoms with van der Waals surface area (Å²) in [6.07, 6.45) is 0. The highest BCUT2D eigenvalue weighted by atomic mass is 16.5. The number of rotatable bonds is 3. The second kappa shape index (κ2) is 4.47. The zero-order valence-corrected chi connectivity index (χ0v) is 10.0. The van der Waals surface area contributed by atoms with E-state index in [0.29, 0.717) is 17.2 Å². The fraction of sp³-hybridized carbons (Fsp3) is 0.462. The monoisotopic (exact) mass is 206 g/mol. The number of hydrogen-bond donors (Lipinski definition) is 0. The van der Waals surface area contributed by atoms with E-state index in [0.717, 1.165) is 5.56 Å². The lowest BCUT2D eigenvalue weighted by Gasteiger charge is -2.14. The number of ether oxygens (including phenoxy) is 1. The standard InChI is InChI=1S/C13H18O2/c1-8(2)11-7-13(15-5)12(10(4)14)6-9(11)3/h6-8H,1-5H3. The molecule has 0 saturated heterocycles. The molecule has 2 nitrogen and oxygen atoms in total. The van der Waals surface area contributed by atoms with Gasteiger partial charge >= 0.3 is 0 Å². The zero-order valence-electron chi connectivity index (χ0n) is 10.0. The molecule has 0 bridgehead atoms. The van der Waals surface area contributed by atoms with E-state index >= 15 is 0 Å². The number of carbonyl (C=O) groups excluding carboxylic acids is 1. The normalized spacial score (nSPS) is 10.5. The van der Waals surface area contributed by atoms with Crippen LogP contribution in [-0.2, 0) is 0 Å². The molecule has 2 heteroatoms. The molecule has 0 unspecified atom stereocenters. The largest absolute Gasteiger partial charge is 0.496 e. The van der Waals surface area contributed by atoms with Crippen LogP contribution in [0, 0.1) is 6.92 Å². The molecule has 0 saturated carbocycles. The molecule has 0 atom stereocenters. The zero-order chi connectivity index (χ0) is 11.6. The van der Waals surface area contributed by atoms with E-state index in [1.807, 2.05) is 19.1 Å². The average Bonchev–Trinajstić information content (AvgIpc) is 2.16. The van der Waals surface area contributed by atoms with Gasteiger partial charge in [-0.05, 0) is 43.0 Å². The summed E-state index contributed by atoms with van der Waals surface area (Å²) in [5.74, 6) is 1.17. The summed E-state index contributed by atoms with van der Waals surface area (Å²) in [6.45, 7) is 7.86. The van der Waals surface area contributed by atoms with Gasteiger partial charge in [0.25, 0.3) is 0 Å². The fourth-order valence-electron chi connectivity index (χ4n) is 1.77. The van der Waals surface area contributed by atoms with E-state index in [1.165, 1.54) is 5.56 Å². The Morgan fingerprint density at radius 1 is 1.33 bits per heavy atom. The molecule has 1 aromatic carbocycles. The molecule has 0 fully saturated rings. The van der Waals surface area contributed by atoms with Crippen LogP contribution in [0.1, 0.15) is 48.2 Å². The topological polar surface area (TPSA) is 26.3 Å². The average molecular weight is 206 g/mol. The van der Waals surface area contributed by atoms with Crippen molar-refractivity contribution in [1.82, 2.24) is 0 Å². The molecule has 0 aliphatic carbocycles. The number of Topliss-reactive ketones (excluding diaryl/α,β-unsaturated/α-hetero) is 1. The van der Waals surface area contributed by atoms with Crippen molar-refractivity contribution in [2.75, 3.05) is 7.11 Å². The SMILES string of the molecule is COc1cc(C(C)C)c(C)cc1C(C)=O.